The molecule has 0 spiro atoms. The summed E-state index contributed by atoms with van der Waals surface area (Å²) < 4.78 is 0. The van der Waals surface area contributed by atoms with E-state index in [0.717, 1.165) is 19.3 Å². The number of hydrogen-bond acceptors (Lipinski definition) is 7. The molecule has 0 heterocycles. The normalized spacial score (nSPS) is 25.8. The second-order valence-corrected chi connectivity index (χ2v) is 5.29. The molecule has 0 unspecified atom stereocenters. The second-order valence-electron chi connectivity index (χ2n) is 5.29. The molecule has 0 radical (unpaired) electrons. The molecule has 0 atom stereocenters. The fourth-order valence-electron chi connectivity index (χ4n) is 2.50. The van der Waals surface area contributed by atoms with E-state index in [4.69, 9.17) is 14.6 Å². The molecule has 0 aromatic heterocycles. The van der Waals surface area contributed by atoms with Gasteiger partial charge >= 0.3 is 0 Å². The van der Waals surface area contributed by atoms with Gasteiger partial charge in [0.25, 0.3) is 5.79 Å². The molecule has 0 bridgehead atoms. The summed E-state index contributed by atoms with van der Waals surface area (Å²) in [5, 5.41) is 12.6. The summed E-state index contributed by atoms with van der Waals surface area (Å²) in [6, 6.07) is 0. The highest BCUT2D eigenvalue weighted by Gasteiger charge is 2.42. The van der Waals surface area contributed by atoms with Gasteiger partial charge in [-0.2, -0.15) is 9.78 Å². The van der Waals surface area contributed by atoms with Gasteiger partial charge in [0.15, 0.2) is 11.1 Å². The maximum Gasteiger partial charge on any atom is 0.270 e. The fourth-order valence-corrected chi connectivity index (χ4v) is 2.50. The molecular weight excluding hydrogens is 254 g/mol. The third kappa shape index (κ3) is 3.71. The van der Waals surface area contributed by atoms with Crippen LogP contribution in [0.25, 0.3) is 0 Å². The Bertz CT molecular complexity index is 329. The standard InChI is InChI=1S/C12H19NO6/c14-10-4-8-11(15,9-5-10)18-19-12(17-13-16)6-2-1-3-7-12/h15H,1-9H2. The Balaban J connectivity index is 1.91. The summed E-state index contributed by atoms with van der Waals surface area (Å²) in [6.45, 7) is 0. The van der Waals surface area contributed by atoms with Crippen molar-refractivity contribution in [2.75, 3.05) is 0 Å². The molecule has 0 aliphatic heterocycles. The minimum absolute atomic E-state index is 0.103. The number of hydrogen-bond donors (Lipinski definition) is 1. The molecule has 0 aromatic carbocycles. The number of nitrogens with zero attached hydrogens (tertiary/aromatic N) is 1. The Morgan fingerprint density at radius 1 is 1.00 bits per heavy atom. The summed E-state index contributed by atoms with van der Waals surface area (Å²) in [5.74, 6) is -2.58. The molecule has 7 heteroatoms. The Kier molecular flexibility index (Phi) is 4.49. The maximum atomic E-state index is 11.1. The molecule has 1 N–H and O–H groups in total. The monoisotopic (exact) mass is 273 g/mol. The van der Waals surface area contributed by atoms with E-state index in [1.54, 1.807) is 0 Å². The van der Waals surface area contributed by atoms with Gasteiger partial charge in [-0.15, -0.1) is 4.91 Å². The van der Waals surface area contributed by atoms with E-state index in [2.05, 4.69) is 5.34 Å². The van der Waals surface area contributed by atoms with Crippen LogP contribution in [0.5, 0.6) is 0 Å². The van der Waals surface area contributed by atoms with Crippen LogP contribution >= 0.6 is 0 Å². The largest absolute Gasteiger partial charge is 0.363 e. The van der Waals surface area contributed by atoms with Crippen LogP contribution in [0.4, 0.5) is 0 Å². The SMILES string of the molecule is O=NOC1(OOC2(O)CCC(=O)CC2)CCCCC1. The molecule has 2 aliphatic rings. The van der Waals surface area contributed by atoms with Crippen molar-refractivity contribution in [1.82, 2.24) is 0 Å². The first-order chi connectivity index (χ1) is 9.08. The molecule has 0 amide bonds. The predicted octanol–water partition coefficient (Wildman–Crippen LogP) is 2.12. The van der Waals surface area contributed by atoms with E-state index >= 15 is 0 Å². The first-order valence-corrected chi connectivity index (χ1v) is 6.69. The number of aliphatic hydroxyl groups is 1. The Morgan fingerprint density at radius 3 is 2.21 bits per heavy atom. The van der Waals surface area contributed by atoms with Gasteiger partial charge in [-0.3, -0.25) is 4.79 Å². The summed E-state index contributed by atoms with van der Waals surface area (Å²) in [6.07, 6.45) is 4.62. The van der Waals surface area contributed by atoms with Crippen molar-refractivity contribution in [1.29, 1.82) is 0 Å². The zero-order valence-electron chi connectivity index (χ0n) is 10.8. The van der Waals surface area contributed by atoms with Crippen molar-refractivity contribution in [3.05, 3.63) is 4.91 Å². The maximum absolute atomic E-state index is 11.1. The lowest BCUT2D eigenvalue weighted by Gasteiger charge is -2.36. The van der Waals surface area contributed by atoms with Crippen LogP contribution in [0.3, 0.4) is 0 Å². The smallest absolute Gasteiger partial charge is 0.270 e. The molecule has 0 saturated heterocycles. The van der Waals surface area contributed by atoms with Crippen LogP contribution in [0.15, 0.2) is 5.34 Å². The minimum Gasteiger partial charge on any atom is -0.363 e. The third-order valence-electron chi connectivity index (χ3n) is 3.76. The summed E-state index contributed by atoms with van der Waals surface area (Å²) in [4.78, 5) is 36.5. The Morgan fingerprint density at radius 2 is 1.63 bits per heavy atom. The lowest BCUT2D eigenvalue weighted by molar-refractivity contribution is -0.506. The molecular formula is C12H19NO6. The van der Waals surface area contributed by atoms with Crippen LogP contribution in [0.1, 0.15) is 57.8 Å². The number of carbonyl (C=O) groups is 1. The van der Waals surface area contributed by atoms with E-state index in [9.17, 15) is 14.8 Å². The average Bonchev–Trinajstić information content (AvgIpc) is 2.42. The summed E-state index contributed by atoms with van der Waals surface area (Å²) in [7, 11) is 0. The van der Waals surface area contributed by atoms with E-state index < -0.39 is 11.6 Å². The first kappa shape index (κ1) is 14.4. The van der Waals surface area contributed by atoms with Crippen LogP contribution in [-0.4, -0.2) is 22.5 Å². The number of carbonyl (C=O) groups excluding carboxylic acids is 1. The number of rotatable bonds is 5. The zero-order valence-corrected chi connectivity index (χ0v) is 10.8. The highest BCUT2D eigenvalue weighted by Crippen LogP contribution is 2.36. The van der Waals surface area contributed by atoms with Gasteiger partial charge in [0, 0.05) is 38.5 Å². The van der Waals surface area contributed by atoms with E-state index in [-0.39, 0.29) is 31.5 Å². The van der Waals surface area contributed by atoms with Gasteiger partial charge in [-0.05, 0) is 12.8 Å². The molecule has 2 rings (SSSR count). The molecule has 7 nitrogen and oxygen atoms in total. The molecule has 19 heavy (non-hydrogen) atoms. The van der Waals surface area contributed by atoms with Gasteiger partial charge in [-0.1, -0.05) is 6.42 Å². The van der Waals surface area contributed by atoms with Crippen molar-refractivity contribution < 1.29 is 24.5 Å². The van der Waals surface area contributed by atoms with Crippen molar-refractivity contribution in [2.24, 2.45) is 5.34 Å². The van der Waals surface area contributed by atoms with Crippen LogP contribution in [-0.2, 0) is 19.4 Å². The van der Waals surface area contributed by atoms with Crippen LogP contribution in [0, 0.1) is 4.91 Å². The highest BCUT2D eigenvalue weighted by molar-refractivity contribution is 5.79. The molecule has 2 saturated carbocycles. The summed E-state index contributed by atoms with van der Waals surface area (Å²) >= 11 is 0. The Hall–Kier alpha value is -1.05. The topological polar surface area (TPSA) is 94.4 Å². The van der Waals surface area contributed by atoms with E-state index in [1.165, 1.54) is 0 Å². The predicted molar refractivity (Wildman–Crippen MR) is 63.3 cm³/mol. The molecule has 2 aliphatic carbocycles. The fraction of sp³-hybridized carbons (Fsp3) is 0.917. The van der Waals surface area contributed by atoms with E-state index in [0.29, 0.717) is 12.8 Å². The molecule has 0 aromatic rings. The van der Waals surface area contributed by atoms with Gasteiger partial charge in [0.1, 0.15) is 5.78 Å². The molecule has 108 valence electrons. The lowest BCUT2D eigenvalue weighted by atomic mass is 9.93. The third-order valence-corrected chi connectivity index (χ3v) is 3.76. The van der Waals surface area contributed by atoms with Crippen LogP contribution in [0.2, 0.25) is 0 Å². The number of ketones is 1. The van der Waals surface area contributed by atoms with Gasteiger partial charge < -0.3 is 9.94 Å². The lowest BCUT2D eigenvalue weighted by Crippen LogP contribution is -2.43. The van der Waals surface area contributed by atoms with Gasteiger partial charge in [0.05, 0.1) is 0 Å². The average molecular weight is 273 g/mol. The van der Waals surface area contributed by atoms with Crippen LogP contribution < -0.4 is 0 Å². The minimum atomic E-state index is -1.48. The summed E-state index contributed by atoms with van der Waals surface area (Å²) in [5.41, 5.74) is 0. The van der Waals surface area contributed by atoms with Crippen molar-refractivity contribution in [3.63, 3.8) is 0 Å². The van der Waals surface area contributed by atoms with E-state index in [1.807, 2.05) is 0 Å². The quantitative estimate of drug-likeness (QED) is 0.357. The highest BCUT2D eigenvalue weighted by atomic mass is 17.3. The van der Waals surface area contributed by atoms with Gasteiger partial charge in [0.2, 0.25) is 0 Å². The molecule has 2 fully saturated rings. The Labute approximate surface area is 111 Å². The zero-order chi connectivity index (χ0) is 13.8. The first-order valence-electron chi connectivity index (χ1n) is 6.69. The second kappa shape index (κ2) is 5.94. The van der Waals surface area contributed by atoms with Crippen molar-refractivity contribution in [2.45, 2.75) is 69.4 Å². The van der Waals surface area contributed by atoms with Gasteiger partial charge in [-0.25, -0.2) is 0 Å². The van der Waals surface area contributed by atoms with Crippen molar-refractivity contribution >= 4 is 5.78 Å². The van der Waals surface area contributed by atoms with Crippen molar-refractivity contribution in [3.8, 4) is 0 Å². The number of Topliss-reactive ketones (excluding diaryl/α,β-unsaturated/α-hetero) is 1.